The molecule has 2 heterocycles. The zero-order chi connectivity index (χ0) is 26.0. The number of esters is 1. The molecule has 0 radical (unpaired) electrons. The molecule has 184 valence electrons. The maximum atomic E-state index is 14.1. The van der Waals surface area contributed by atoms with E-state index in [1.165, 1.54) is 7.11 Å². The molecule has 0 saturated carbocycles. The summed E-state index contributed by atoms with van der Waals surface area (Å²) in [5.74, 6) is -3.83. The number of hydrogen-bond donors (Lipinski definition) is 1. The molecule has 0 aliphatic rings. The van der Waals surface area contributed by atoms with Crippen molar-refractivity contribution >= 4 is 22.8 Å². The first-order valence-electron chi connectivity index (χ1n) is 11.4. The highest BCUT2D eigenvalue weighted by Gasteiger charge is 2.27. The molecular formula is C28H25F2N3O3. The van der Waals surface area contributed by atoms with E-state index < -0.39 is 35.1 Å². The molecule has 1 amide bonds. The topological polar surface area (TPSA) is 81.2 Å². The highest BCUT2D eigenvalue weighted by molar-refractivity contribution is 5.98. The van der Waals surface area contributed by atoms with E-state index in [1.807, 2.05) is 39.0 Å². The first-order chi connectivity index (χ1) is 17.2. The van der Waals surface area contributed by atoms with Gasteiger partial charge in [0.2, 0.25) is 0 Å². The monoisotopic (exact) mass is 489 g/mol. The van der Waals surface area contributed by atoms with Crippen LogP contribution in [0.4, 0.5) is 8.78 Å². The molecule has 0 unspecified atom stereocenters. The Morgan fingerprint density at radius 1 is 1.00 bits per heavy atom. The van der Waals surface area contributed by atoms with Gasteiger partial charge in [0.1, 0.15) is 23.2 Å². The van der Waals surface area contributed by atoms with E-state index in [0.29, 0.717) is 11.1 Å². The number of pyridine rings is 2. The second-order valence-electron chi connectivity index (χ2n) is 8.58. The number of rotatable bonds is 6. The van der Waals surface area contributed by atoms with E-state index >= 15 is 0 Å². The van der Waals surface area contributed by atoms with Crippen LogP contribution in [0.25, 0.3) is 22.2 Å². The molecule has 8 heteroatoms. The van der Waals surface area contributed by atoms with Crippen molar-refractivity contribution in [2.75, 3.05) is 7.11 Å². The molecule has 2 aromatic heterocycles. The molecule has 0 saturated heterocycles. The third kappa shape index (κ3) is 4.79. The number of ether oxygens (including phenoxy) is 1. The lowest BCUT2D eigenvalue weighted by molar-refractivity contribution is -0.142. The van der Waals surface area contributed by atoms with Crippen LogP contribution in [0.15, 0.2) is 54.7 Å². The number of amides is 1. The second-order valence-corrected chi connectivity index (χ2v) is 8.58. The van der Waals surface area contributed by atoms with Crippen LogP contribution in [-0.4, -0.2) is 35.0 Å². The molecule has 36 heavy (non-hydrogen) atoms. The Kier molecular flexibility index (Phi) is 7.05. The molecule has 0 bridgehead atoms. The number of benzene rings is 2. The number of nitrogens with one attached hydrogen (secondary N) is 1. The van der Waals surface area contributed by atoms with Crippen molar-refractivity contribution in [1.82, 2.24) is 15.3 Å². The van der Waals surface area contributed by atoms with E-state index in [1.54, 1.807) is 12.3 Å². The first-order valence-corrected chi connectivity index (χ1v) is 11.4. The minimum Gasteiger partial charge on any atom is -0.467 e. The van der Waals surface area contributed by atoms with Crippen LogP contribution in [0.2, 0.25) is 0 Å². The van der Waals surface area contributed by atoms with Crippen LogP contribution in [0.5, 0.6) is 0 Å². The summed E-state index contributed by atoms with van der Waals surface area (Å²) in [6.45, 7) is 5.94. The lowest BCUT2D eigenvalue weighted by atomic mass is 9.95. The van der Waals surface area contributed by atoms with E-state index in [2.05, 4.69) is 16.4 Å². The lowest BCUT2D eigenvalue weighted by Gasteiger charge is -2.19. The van der Waals surface area contributed by atoms with Crippen LogP contribution in [-0.2, 0) is 16.0 Å². The number of methoxy groups -OCH3 is 1. The molecule has 0 aliphatic carbocycles. The molecule has 4 aromatic rings. The fourth-order valence-electron chi connectivity index (χ4n) is 4.22. The maximum Gasteiger partial charge on any atom is 0.328 e. The third-order valence-electron chi connectivity index (χ3n) is 6.18. The summed E-state index contributed by atoms with van der Waals surface area (Å²) in [4.78, 5) is 34.6. The lowest BCUT2D eigenvalue weighted by Crippen LogP contribution is -2.43. The van der Waals surface area contributed by atoms with Crippen molar-refractivity contribution in [1.29, 1.82) is 0 Å². The van der Waals surface area contributed by atoms with Crippen LogP contribution in [0, 0.1) is 32.4 Å². The highest BCUT2D eigenvalue weighted by atomic mass is 19.1. The zero-order valence-corrected chi connectivity index (χ0v) is 20.4. The SMILES string of the molecule is COC(=O)[C@H](Cc1ccc(-c2nc(C)c(C)cc2C)c2ncccc12)NC(=O)c1c(F)cccc1F. The summed E-state index contributed by atoms with van der Waals surface area (Å²) in [5, 5.41) is 3.18. The number of nitrogens with zero attached hydrogens (tertiary/aromatic N) is 2. The Morgan fingerprint density at radius 3 is 2.42 bits per heavy atom. The predicted octanol–water partition coefficient (Wildman–Crippen LogP) is 5.01. The van der Waals surface area contributed by atoms with Gasteiger partial charge in [0, 0.05) is 29.3 Å². The van der Waals surface area contributed by atoms with Gasteiger partial charge in [-0.1, -0.05) is 30.3 Å². The van der Waals surface area contributed by atoms with Gasteiger partial charge >= 0.3 is 5.97 Å². The van der Waals surface area contributed by atoms with E-state index in [9.17, 15) is 18.4 Å². The van der Waals surface area contributed by atoms with Gasteiger partial charge in [-0.2, -0.15) is 0 Å². The molecule has 4 rings (SSSR count). The van der Waals surface area contributed by atoms with Crippen LogP contribution >= 0.6 is 0 Å². The summed E-state index contributed by atoms with van der Waals surface area (Å²) in [6.07, 6.45) is 1.70. The number of fused-ring (bicyclic) bond motifs is 1. The molecule has 1 atom stereocenters. The van der Waals surface area contributed by atoms with Gasteiger partial charge in [-0.15, -0.1) is 0 Å². The van der Waals surface area contributed by atoms with Crippen LogP contribution < -0.4 is 5.32 Å². The Morgan fingerprint density at radius 2 is 1.72 bits per heavy atom. The predicted molar refractivity (Wildman–Crippen MR) is 133 cm³/mol. The number of aryl methyl sites for hydroxylation is 3. The quantitative estimate of drug-likeness (QED) is 0.385. The summed E-state index contributed by atoms with van der Waals surface area (Å²) in [7, 11) is 1.18. The smallest absolute Gasteiger partial charge is 0.328 e. The van der Waals surface area contributed by atoms with Crippen molar-refractivity contribution in [3.63, 3.8) is 0 Å². The van der Waals surface area contributed by atoms with E-state index in [4.69, 9.17) is 9.72 Å². The minimum atomic E-state index is -1.18. The van der Waals surface area contributed by atoms with E-state index in [-0.39, 0.29) is 6.42 Å². The van der Waals surface area contributed by atoms with Gasteiger partial charge in [0.05, 0.1) is 18.3 Å². The average Bonchev–Trinajstić information content (AvgIpc) is 2.85. The zero-order valence-electron chi connectivity index (χ0n) is 20.4. The number of halogens is 2. The highest BCUT2D eigenvalue weighted by Crippen LogP contribution is 2.31. The van der Waals surface area contributed by atoms with Gasteiger partial charge in [0.15, 0.2) is 0 Å². The minimum absolute atomic E-state index is 0.0241. The first kappa shape index (κ1) is 24.9. The summed E-state index contributed by atoms with van der Waals surface area (Å²) < 4.78 is 33.1. The van der Waals surface area contributed by atoms with E-state index in [0.717, 1.165) is 51.7 Å². The molecule has 1 N–H and O–H groups in total. The fourth-order valence-corrected chi connectivity index (χ4v) is 4.22. The van der Waals surface area contributed by atoms with Gasteiger partial charge in [-0.05, 0) is 55.7 Å². The summed E-state index contributed by atoms with van der Waals surface area (Å²) >= 11 is 0. The van der Waals surface area contributed by atoms with Crippen molar-refractivity contribution in [2.45, 2.75) is 33.2 Å². The largest absolute Gasteiger partial charge is 0.467 e. The second kappa shape index (κ2) is 10.2. The Balaban J connectivity index is 1.74. The van der Waals surface area contributed by atoms with Gasteiger partial charge in [-0.3, -0.25) is 14.8 Å². The fraction of sp³-hybridized carbons (Fsp3) is 0.214. The number of aromatic nitrogens is 2. The molecule has 0 fully saturated rings. The summed E-state index contributed by atoms with van der Waals surface area (Å²) in [6, 6.07) is 11.4. The Labute approximate surface area is 207 Å². The molecule has 2 aromatic carbocycles. The Hall–Kier alpha value is -4.20. The average molecular weight is 490 g/mol. The van der Waals surface area contributed by atoms with Crippen LogP contribution in [0.3, 0.4) is 0 Å². The van der Waals surface area contributed by atoms with Crippen LogP contribution in [0.1, 0.15) is 32.7 Å². The van der Waals surface area contributed by atoms with Crippen molar-refractivity contribution < 1.29 is 23.1 Å². The van der Waals surface area contributed by atoms with Gasteiger partial charge in [-0.25, -0.2) is 13.6 Å². The number of carbonyl (C=O) groups excluding carboxylic acids is 2. The standard InChI is InChI=1S/C28H25F2N3O3/c1-15-13-16(2)25(32-17(15)3)20-11-10-18(19-7-6-12-31-26(19)20)14-23(28(35)36-4)33-27(34)24-21(29)8-5-9-22(24)30/h5-13,23H,14H2,1-4H3,(H,33,34)/t23-/m0/s1. The van der Waals surface area contributed by atoms with Gasteiger partial charge < -0.3 is 10.1 Å². The van der Waals surface area contributed by atoms with Gasteiger partial charge in [0.25, 0.3) is 5.91 Å². The van der Waals surface area contributed by atoms with Crippen molar-refractivity contribution in [3.05, 3.63) is 94.3 Å². The molecule has 6 nitrogen and oxygen atoms in total. The molecule has 0 aliphatic heterocycles. The molecular weight excluding hydrogens is 464 g/mol. The molecule has 0 spiro atoms. The van der Waals surface area contributed by atoms with Crippen molar-refractivity contribution in [3.8, 4) is 11.3 Å². The van der Waals surface area contributed by atoms with Crippen molar-refractivity contribution in [2.24, 2.45) is 0 Å². The normalized spacial score (nSPS) is 11.8. The maximum absolute atomic E-state index is 14.1. The Bertz CT molecular complexity index is 1470. The number of hydrogen-bond acceptors (Lipinski definition) is 5. The number of carbonyl (C=O) groups is 2. The summed E-state index contributed by atoms with van der Waals surface area (Å²) in [5.41, 5.74) is 5.28. The third-order valence-corrected chi connectivity index (χ3v) is 6.18.